The van der Waals surface area contributed by atoms with Crippen LogP contribution in [0.15, 0.2) is 12.2 Å². The molecule has 3 unspecified atom stereocenters. The van der Waals surface area contributed by atoms with Gasteiger partial charge >= 0.3 is 5.97 Å². The highest BCUT2D eigenvalue weighted by Gasteiger charge is 2.24. The normalized spacial score (nSPS) is 13.3. The average Bonchev–Trinajstić information content (AvgIpc) is 3.20. The van der Waals surface area contributed by atoms with E-state index in [2.05, 4.69) is 38.2 Å². The molecule has 0 aliphatic rings. The number of aliphatic hydroxyl groups excluding tert-OH is 2. The molecule has 0 saturated carbocycles. The number of unbranched alkanes of at least 4 members (excludes halogenated alkanes) is 32. The lowest BCUT2D eigenvalue weighted by molar-refractivity contribution is -0.151. The summed E-state index contributed by atoms with van der Waals surface area (Å²) in [5.41, 5.74) is 0. The first-order valence-corrected chi connectivity index (χ1v) is 25.4. The summed E-state index contributed by atoms with van der Waals surface area (Å²) in [4.78, 5) is 26.0. The van der Waals surface area contributed by atoms with Crippen molar-refractivity contribution >= 4 is 11.9 Å². The molecule has 0 radical (unpaired) electrons. The second-order valence-electron chi connectivity index (χ2n) is 17.6. The molecule has 0 aliphatic carbocycles. The van der Waals surface area contributed by atoms with Gasteiger partial charge in [-0.15, -0.1) is 0 Å². The zero-order chi connectivity index (χ0) is 41.7. The Morgan fingerprint density at radius 2 is 0.842 bits per heavy atom. The topological polar surface area (TPSA) is 95.9 Å². The first kappa shape index (κ1) is 55.6. The minimum absolute atomic E-state index is 0.0782. The van der Waals surface area contributed by atoms with Gasteiger partial charge in [0.05, 0.1) is 25.2 Å². The van der Waals surface area contributed by atoms with Crippen molar-refractivity contribution in [3.05, 3.63) is 12.2 Å². The average molecular weight is 806 g/mol. The van der Waals surface area contributed by atoms with Crippen LogP contribution in [0.5, 0.6) is 0 Å². The number of ether oxygens (including phenoxy) is 1. The van der Waals surface area contributed by atoms with E-state index in [0.29, 0.717) is 19.3 Å². The maximum atomic E-state index is 13.2. The Bertz CT molecular complexity index is 863. The van der Waals surface area contributed by atoms with Crippen LogP contribution in [-0.2, 0) is 14.3 Å². The van der Waals surface area contributed by atoms with Gasteiger partial charge < -0.3 is 20.3 Å². The Morgan fingerprint density at radius 1 is 0.491 bits per heavy atom. The van der Waals surface area contributed by atoms with Crippen molar-refractivity contribution in [3.63, 3.8) is 0 Å². The van der Waals surface area contributed by atoms with Crippen LogP contribution in [0.2, 0.25) is 0 Å². The predicted molar refractivity (Wildman–Crippen MR) is 246 cm³/mol. The second-order valence-corrected chi connectivity index (χ2v) is 17.6. The molecule has 0 aromatic carbocycles. The molecule has 3 N–H and O–H groups in total. The molecular weight excluding hydrogens is 707 g/mol. The van der Waals surface area contributed by atoms with Crippen LogP contribution >= 0.6 is 0 Å². The molecule has 0 aliphatic heterocycles. The van der Waals surface area contributed by atoms with Crippen molar-refractivity contribution in [1.29, 1.82) is 0 Å². The summed E-state index contributed by atoms with van der Waals surface area (Å²) in [5, 5.41) is 23.7. The molecule has 1 amide bonds. The number of hydrogen-bond donors (Lipinski definition) is 3. The first-order chi connectivity index (χ1) is 28.0. The maximum absolute atomic E-state index is 13.2. The largest absolute Gasteiger partial charge is 0.462 e. The summed E-state index contributed by atoms with van der Waals surface area (Å²) in [5.74, 6) is -0.479. The van der Waals surface area contributed by atoms with E-state index in [1.807, 2.05) is 0 Å². The van der Waals surface area contributed by atoms with E-state index < -0.39 is 18.2 Å². The summed E-state index contributed by atoms with van der Waals surface area (Å²) in [6.45, 7) is 6.48. The van der Waals surface area contributed by atoms with Crippen molar-refractivity contribution in [2.75, 3.05) is 6.61 Å². The van der Waals surface area contributed by atoms with Gasteiger partial charge in [-0.1, -0.05) is 226 Å². The van der Waals surface area contributed by atoms with E-state index in [4.69, 9.17) is 4.74 Å². The van der Waals surface area contributed by atoms with Crippen LogP contribution in [0.4, 0.5) is 0 Å². The monoisotopic (exact) mass is 806 g/mol. The first-order valence-electron chi connectivity index (χ1n) is 25.4. The Hall–Kier alpha value is -1.40. The summed E-state index contributed by atoms with van der Waals surface area (Å²) in [6.07, 6.45) is 49.8. The number of carbonyl (C=O) groups is 2. The quantitative estimate of drug-likeness (QED) is 0.0323. The summed E-state index contributed by atoms with van der Waals surface area (Å²) < 4.78 is 5.91. The SMILES string of the molecule is CCCCCCCCC/C=C\CCCCCC(=O)OC(CCCCCCCCCCCC)CC(=O)NC(CO)C(O)CCCCCCCCCCCCCCCC. The van der Waals surface area contributed by atoms with Gasteiger partial charge in [-0.05, 0) is 51.4 Å². The molecule has 6 heteroatoms. The molecule has 0 saturated heterocycles. The summed E-state index contributed by atoms with van der Waals surface area (Å²) >= 11 is 0. The van der Waals surface area contributed by atoms with E-state index >= 15 is 0 Å². The molecule has 3 atom stereocenters. The van der Waals surface area contributed by atoms with Crippen LogP contribution < -0.4 is 5.32 Å². The number of rotatable bonds is 46. The van der Waals surface area contributed by atoms with Gasteiger partial charge in [0, 0.05) is 6.42 Å². The molecule has 0 rings (SSSR count). The van der Waals surface area contributed by atoms with E-state index in [1.54, 1.807) is 0 Å². The fraction of sp³-hybridized carbons (Fsp3) is 0.922. The third-order valence-corrected chi connectivity index (χ3v) is 11.8. The standard InChI is InChI=1S/C51H99NO5/c1-4-7-10-13-16-19-22-24-26-28-31-34-37-40-43-49(54)48(46-53)52-50(55)45-47(42-39-36-33-30-21-18-15-12-9-6-3)57-51(56)44-41-38-35-32-29-27-25-23-20-17-14-11-8-5-2/h27,29,47-49,53-54H,4-26,28,30-46H2,1-3H3,(H,52,55)/b29-27-. The van der Waals surface area contributed by atoms with E-state index in [1.165, 1.54) is 180 Å². The Kier molecular flexibility index (Phi) is 44.6. The van der Waals surface area contributed by atoms with Crippen molar-refractivity contribution in [2.45, 2.75) is 296 Å². The third kappa shape index (κ3) is 41.1. The minimum Gasteiger partial charge on any atom is -0.462 e. The number of carbonyl (C=O) groups excluding carboxylic acids is 2. The second kappa shape index (κ2) is 45.7. The number of allylic oxidation sites excluding steroid dienone is 2. The van der Waals surface area contributed by atoms with E-state index in [0.717, 1.165) is 51.4 Å². The number of hydrogen-bond acceptors (Lipinski definition) is 5. The smallest absolute Gasteiger partial charge is 0.306 e. The number of esters is 1. The molecule has 0 aromatic heterocycles. The van der Waals surface area contributed by atoms with Crippen molar-refractivity contribution < 1.29 is 24.5 Å². The van der Waals surface area contributed by atoms with Crippen LogP contribution in [0.25, 0.3) is 0 Å². The Morgan fingerprint density at radius 3 is 1.25 bits per heavy atom. The van der Waals surface area contributed by atoms with Gasteiger partial charge in [0.25, 0.3) is 0 Å². The fourth-order valence-electron chi connectivity index (χ4n) is 7.96. The zero-order valence-corrected chi connectivity index (χ0v) is 38.5. The van der Waals surface area contributed by atoms with Gasteiger partial charge in [0.2, 0.25) is 5.91 Å². The molecule has 0 heterocycles. The summed E-state index contributed by atoms with van der Waals surface area (Å²) in [6, 6.07) is -0.697. The lowest BCUT2D eigenvalue weighted by atomic mass is 10.0. The zero-order valence-electron chi connectivity index (χ0n) is 38.5. The lowest BCUT2D eigenvalue weighted by Gasteiger charge is -2.24. The van der Waals surface area contributed by atoms with Crippen LogP contribution in [0.3, 0.4) is 0 Å². The Labute approximate surface area is 355 Å². The van der Waals surface area contributed by atoms with Gasteiger partial charge in [0.15, 0.2) is 0 Å². The van der Waals surface area contributed by atoms with Crippen molar-refractivity contribution in [2.24, 2.45) is 0 Å². The molecule has 6 nitrogen and oxygen atoms in total. The lowest BCUT2D eigenvalue weighted by Crippen LogP contribution is -2.46. The summed E-state index contributed by atoms with van der Waals surface area (Å²) in [7, 11) is 0. The Balaban J connectivity index is 4.49. The van der Waals surface area contributed by atoms with Gasteiger partial charge in [0.1, 0.15) is 6.10 Å². The molecule has 338 valence electrons. The van der Waals surface area contributed by atoms with E-state index in [-0.39, 0.29) is 24.9 Å². The van der Waals surface area contributed by atoms with Crippen molar-refractivity contribution in [3.8, 4) is 0 Å². The van der Waals surface area contributed by atoms with Gasteiger partial charge in [-0.25, -0.2) is 0 Å². The molecule has 0 fully saturated rings. The minimum atomic E-state index is -0.783. The predicted octanol–water partition coefficient (Wildman–Crippen LogP) is 15.0. The molecule has 0 spiro atoms. The molecule has 0 bridgehead atoms. The number of nitrogens with one attached hydrogen (secondary N) is 1. The van der Waals surface area contributed by atoms with Crippen LogP contribution in [-0.4, -0.2) is 46.9 Å². The van der Waals surface area contributed by atoms with Gasteiger partial charge in [-0.3, -0.25) is 9.59 Å². The maximum Gasteiger partial charge on any atom is 0.306 e. The molecule has 0 aromatic rings. The highest BCUT2D eigenvalue weighted by molar-refractivity contribution is 5.77. The molecule has 57 heavy (non-hydrogen) atoms. The number of aliphatic hydroxyl groups is 2. The van der Waals surface area contributed by atoms with Crippen LogP contribution in [0.1, 0.15) is 278 Å². The van der Waals surface area contributed by atoms with E-state index in [9.17, 15) is 19.8 Å². The van der Waals surface area contributed by atoms with Crippen LogP contribution in [0, 0.1) is 0 Å². The third-order valence-electron chi connectivity index (χ3n) is 11.8. The number of amides is 1. The molecular formula is C51H99NO5. The van der Waals surface area contributed by atoms with Gasteiger partial charge in [-0.2, -0.15) is 0 Å². The van der Waals surface area contributed by atoms with Crippen molar-refractivity contribution in [1.82, 2.24) is 5.32 Å². The highest BCUT2D eigenvalue weighted by Crippen LogP contribution is 2.18. The fourth-order valence-corrected chi connectivity index (χ4v) is 7.96. The highest BCUT2D eigenvalue weighted by atomic mass is 16.5.